The normalized spacial score (nSPS) is 7.33. The number of carboxylic acids is 2. The maximum absolute atomic E-state index is 9.76. The van der Waals surface area contributed by atoms with E-state index < -0.39 is 11.9 Å². The highest BCUT2D eigenvalue weighted by molar-refractivity contribution is 5.66. The van der Waals surface area contributed by atoms with Crippen molar-refractivity contribution in [2.45, 2.75) is 60.8 Å². The van der Waals surface area contributed by atoms with Gasteiger partial charge in [0.15, 0.2) is 0 Å². The van der Waals surface area contributed by atoms with Crippen molar-refractivity contribution in [3.63, 3.8) is 0 Å². The van der Waals surface area contributed by atoms with Crippen LogP contribution in [-0.4, -0.2) is 22.2 Å². The fourth-order valence-corrected chi connectivity index (χ4v) is 0.542. The minimum Gasteiger partial charge on any atom is -0.481 e. The van der Waals surface area contributed by atoms with Crippen LogP contribution < -0.4 is 0 Å². The predicted molar refractivity (Wildman–Crippen MR) is 63.2 cm³/mol. The van der Waals surface area contributed by atoms with E-state index in [0.717, 1.165) is 19.3 Å². The Bertz CT molecular complexity index is 144. The molecule has 0 aliphatic rings. The number of unbranched alkanes of at least 4 members (excludes halogenated alkanes) is 1. The summed E-state index contributed by atoms with van der Waals surface area (Å²) >= 11 is 0. The average Bonchev–Trinajstić information content (AvgIpc) is 2.01. The second-order valence-corrected chi connectivity index (χ2v) is 2.64. The van der Waals surface area contributed by atoms with E-state index in [4.69, 9.17) is 10.2 Å². The number of hydrogen-bond acceptors (Lipinski definition) is 2. The van der Waals surface area contributed by atoms with Gasteiger partial charge in [0, 0.05) is 12.8 Å². The van der Waals surface area contributed by atoms with Crippen LogP contribution in [-0.2, 0) is 9.59 Å². The molecule has 0 aromatic heterocycles. The second-order valence-electron chi connectivity index (χ2n) is 2.64. The smallest absolute Gasteiger partial charge is 0.303 e. The van der Waals surface area contributed by atoms with Crippen LogP contribution in [0.4, 0.5) is 0 Å². The molecule has 4 nitrogen and oxygen atoms in total. The van der Waals surface area contributed by atoms with Gasteiger partial charge in [0.05, 0.1) is 0 Å². The van der Waals surface area contributed by atoms with Crippen LogP contribution in [0.1, 0.15) is 60.8 Å². The summed E-state index contributed by atoms with van der Waals surface area (Å²) in [7, 11) is 0. The van der Waals surface area contributed by atoms with Gasteiger partial charge in [0.25, 0.3) is 0 Å². The molecule has 0 saturated carbocycles. The zero-order chi connectivity index (χ0) is 10.7. The summed E-state index contributed by atoms with van der Waals surface area (Å²) in [4.78, 5) is 19.4. The largest absolute Gasteiger partial charge is 0.481 e. The molecule has 0 unspecified atom stereocenters. The summed E-state index contributed by atoms with van der Waals surface area (Å²) in [6, 6.07) is 0. The van der Waals surface area contributed by atoms with Crippen LogP contribution in [0.15, 0.2) is 0 Å². The van der Waals surface area contributed by atoms with Crippen LogP contribution in [0.5, 0.6) is 0 Å². The Hall–Kier alpha value is -1.06. The molecule has 0 fully saturated rings. The molecule has 15 heavy (non-hydrogen) atoms. The third kappa shape index (κ3) is 43.9. The molecular weight excluding hydrogens is 196 g/mol. The van der Waals surface area contributed by atoms with E-state index in [1.807, 2.05) is 13.8 Å². The Labute approximate surface area is 93.3 Å². The van der Waals surface area contributed by atoms with Crippen LogP contribution in [0, 0.1) is 0 Å². The van der Waals surface area contributed by atoms with Crippen molar-refractivity contribution in [2.75, 3.05) is 0 Å². The minimum atomic E-state index is -0.711. The van der Waals surface area contributed by atoms with E-state index in [0.29, 0.717) is 12.8 Å². The van der Waals surface area contributed by atoms with Gasteiger partial charge in [-0.2, -0.15) is 0 Å². The summed E-state index contributed by atoms with van der Waals surface area (Å²) in [5.74, 6) is -1.40. The highest BCUT2D eigenvalue weighted by Gasteiger charge is 1.90. The standard InChI is InChI=1S/C5H10O2.C4H8O2.2CH4/c1-2-3-4-5(6)7;1-2-3-4(5)6;;/h2-4H2,1H3,(H,6,7);2-3H2,1H3,(H,5,6);2*1H4. The lowest BCUT2D eigenvalue weighted by molar-refractivity contribution is -0.138. The fraction of sp³-hybridized carbons (Fsp3) is 0.818. The third-order valence-electron chi connectivity index (χ3n) is 1.21. The van der Waals surface area contributed by atoms with E-state index in [-0.39, 0.29) is 14.9 Å². The quantitative estimate of drug-likeness (QED) is 0.747. The average molecular weight is 222 g/mol. The van der Waals surface area contributed by atoms with Gasteiger partial charge >= 0.3 is 11.9 Å². The molecule has 0 radical (unpaired) electrons. The number of rotatable bonds is 5. The lowest BCUT2D eigenvalue weighted by Gasteiger charge is -1.85. The summed E-state index contributed by atoms with van der Waals surface area (Å²) in [5.41, 5.74) is 0. The Morgan fingerprint density at radius 3 is 1.33 bits per heavy atom. The first kappa shape index (κ1) is 23.6. The van der Waals surface area contributed by atoms with Crippen molar-refractivity contribution in [1.29, 1.82) is 0 Å². The maximum atomic E-state index is 9.76. The molecule has 0 aliphatic heterocycles. The number of aliphatic carboxylic acids is 2. The van der Waals surface area contributed by atoms with Gasteiger partial charge in [0.2, 0.25) is 0 Å². The van der Waals surface area contributed by atoms with Gasteiger partial charge in [-0.1, -0.05) is 35.1 Å². The van der Waals surface area contributed by atoms with Crippen molar-refractivity contribution in [3.05, 3.63) is 0 Å². The molecule has 0 bridgehead atoms. The molecule has 2 N–H and O–H groups in total. The van der Waals surface area contributed by atoms with E-state index in [9.17, 15) is 9.59 Å². The zero-order valence-electron chi connectivity index (χ0n) is 8.25. The number of carboxylic acid groups (broad SMARTS) is 2. The first-order chi connectivity index (χ1) is 6.04. The summed E-state index contributed by atoms with van der Waals surface area (Å²) in [6.07, 6.45) is 3.10. The van der Waals surface area contributed by atoms with Crippen molar-refractivity contribution in [1.82, 2.24) is 0 Å². The number of hydrogen-bond donors (Lipinski definition) is 2. The molecule has 0 aliphatic carbocycles. The van der Waals surface area contributed by atoms with Crippen LogP contribution >= 0.6 is 0 Å². The Kier molecular flexibility index (Phi) is 29.4. The molecule has 0 spiro atoms. The molecule has 0 rings (SSSR count). The summed E-state index contributed by atoms with van der Waals surface area (Å²) < 4.78 is 0. The molecule has 0 amide bonds. The fourth-order valence-electron chi connectivity index (χ4n) is 0.542. The summed E-state index contributed by atoms with van der Waals surface area (Å²) in [5, 5.41) is 16.0. The van der Waals surface area contributed by atoms with Gasteiger partial charge < -0.3 is 10.2 Å². The van der Waals surface area contributed by atoms with Gasteiger partial charge in [-0.15, -0.1) is 0 Å². The highest BCUT2D eigenvalue weighted by atomic mass is 16.4. The van der Waals surface area contributed by atoms with E-state index >= 15 is 0 Å². The molecule has 0 aromatic carbocycles. The van der Waals surface area contributed by atoms with E-state index in [2.05, 4.69) is 0 Å². The summed E-state index contributed by atoms with van der Waals surface area (Å²) in [6.45, 7) is 3.82. The molecule has 4 heteroatoms. The molecule has 0 atom stereocenters. The molecule has 94 valence electrons. The van der Waals surface area contributed by atoms with Crippen LogP contribution in [0.2, 0.25) is 0 Å². The lowest BCUT2D eigenvalue weighted by Crippen LogP contribution is -1.91. The van der Waals surface area contributed by atoms with Crippen LogP contribution in [0.25, 0.3) is 0 Å². The molecular formula is C11H26O4. The SMILES string of the molecule is C.C.CCCC(=O)O.CCCCC(=O)O. The van der Waals surface area contributed by atoms with E-state index in [1.165, 1.54) is 0 Å². The van der Waals surface area contributed by atoms with E-state index in [1.54, 1.807) is 0 Å². The van der Waals surface area contributed by atoms with Gasteiger partial charge in [-0.25, -0.2) is 0 Å². The minimum absolute atomic E-state index is 0. The highest BCUT2D eigenvalue weighted by Crippen LogP contribution is 1.91. The molecule has 0 heterocycles. The van der Waals surface area contributed by atoms with Crippen molar-refractivity contribution < 1.29 is 19.8 Å². The third-order valence-corrected chi connectivity index (χ3v) is 1.21. The Morgan fingerprint density at radius 2 is 1.27 bits per heavy atom. The molecule has 0 saturated heterocycles. The monoisotopic (exact) mass is 222 g/mol. The van der Waals surface area contributed by atoms with Crippen molar-refractivity contribution in [3.8, 4) is 0 Å². The Balaban J connectivity index is -0.0000000718. The first-order valence-electron chi connectivity index (χ1n) is 4.48. The zero-order valence-corrected chi connectivity index (χ0v) is 8.25. The first-order valence-corrected chi connectivity index (χ1v) is 4.48. The second kappa shape index (κ2) is 18.7. The topological polar surface area (TPSA) is 74.6 Å². The van der Waals surface area contributed by atoms with Crippen molar-refractivity contribution >= 4 is 11.9 Å². The Morgan fingerprint density at radius 1 is 0.867 bits per heavy atom. The van der Waals surface area contributed by atoms with Crippen molar-refractivity contribution in [2.24, 2.45) is 0 Å². The lowest BCUT2D eigenvalue weighted by atomic mass is 10.3. The van der Waals surface area contributed by atoms with Crippen LogP contribution in [0.3, 0.4) is 0 Å². The van der Waals surface area contributed by atoms with Gasteiger partial charge in [-0.3, -0.25) is 9.59 Å². The maximum Gasteiger partial charge on any atom is 0.303 e. The molecule has 0 aromatic rings. The van der Waals surface area contributed by atoms with Gasteiger partial charge in [0.1, 0.15) is 0 Å². The van der Waals surface area contributed by atoms with Gasteiger partial charge in [-0.05, 0) is 12.8 Å². The predicted octanol–water partition coefficient (Wildman–Crippen LogP) is 3.40. The number of carbonyl (C=O) groups is 2.